The molecule has 1 aromatic carbocycles. The van der Waals surface area contributed by atoms with Crippen LogP contribution in [0.1, 0.15) is 42.5 Å². The van der Waals surface area contributed by atoms with E-state index in [4.69, 9.17) is 26.7 Å². The van der Waals surface area contributed by atoms with Gasteiger partial charge in [-0.2, -0.15) is 0 Å². The van der Waals surface area contributed by atoms with Crippen molar-refractivity contribution in [3.8, 4) is 16.2 Å². The quantitative estimate of drug-likeness (QED) is 0.433. The Morgan fingerprint density at radius 1 is 1.16 bits per heavy atom. The van der Waals surface area contributed by atoms with Gasteiger partial charge in [-0.1, -0.05) is 12.1 Å². The average molecular weight is 447 g/mol. The highest BCUT2D eigenvalue weighted by atomic mass is 32.1. The van der Waals surface area contributed by atoms with Gasteiger partial charge < -0.3 is 26.7 Å². The van der Waals surface area contributed by atoms with E-state index in [1.807, 2.05) is 6.07 Å². The first-order valence-electron chi connectivity index (χ1n) is 10.0. The summed E-state index contributed by atoms with van der Waals surface area (Å²) in [6.45, 7) is 0.246. The molecule has 0 bridgehead atoms. The fourth-order valence-corrected chi connectivity index (χ4v) is 4.40. The van der Waals surface area contributed by atoms with Crippen molar-refractivity contribution >= 4 is 34.2 Å². The summed E-state index contributed by atoms with van der Waals surface area (Å²) < 4.78 is 11.2. The fourth-order valence-electron chi connectivity index (χ4n) is 3.34. The molecule has 1 aliphatic rings. The van der Waals surface area contributed by atoms with Crippen LogP contribution in [0, 0.1) is 0 Å². The topological polar surface area (TPSA) is 160 Å². The molecule has 9 nitrogen and oxygen atoms in total. The molecule has 0 spiro atoms. The highest BCUT2D eigenvalue weighted by molar-refractivity contribution is 7.20. The summed E-state index contributed by atoms with van der Waals surface area (Å²) in [7, 11) is 0. The maximum atomic E-state index is 12.1. The molecular weight excluding hydrogens is 420 g/mol. The van der Waals surface area contributed by atoms with Crippen molar-refractivity contribution in [3.05, 3.63) is 35.9 Å². The molecule has 1 saturated carbocycles. The van der Waals surface area contributed by atoms with E-state index >= 15 is 0 Å². The first-order valence-corrected chi connectivity index (χ1v) is 10.8. The number of nitrogens with one attached hydrogen (secondary N) is 1. The lowest BCUT2D eigenvalue weighted by atomic mass is 10.1. The first kappa shape index (κ1) is 22.6. The van der Waals surface area contributed by atoms with E-state index in [2.05, 4.69) is 5.32 Å². The molecule has 1 aliphatic carbocycles. The highest BCUT2D eigenvalue weighted by Gasteiger charge is 2.23. The smallest absolute Gasteiger partial charge is 0.323 e. The van der Waals surface area contributed by atoms with Gasteiger partial charge in [0.15, 0.2) is 0 Å². The Morgan fingerprint density at radius 3 is 2.58 bits per heavy atom. The molecule has 1 atom stereocenters. The van der Waals surface area contributed by atoms with E-state index in [9.17, 15) is 14.4 Å². The molecule has 0 unspecified atom stereocenters. The number of ether oxygens (including phenoxy) is 2. The Morgan fingerprint density at radius 2 is 1.90 bits per heavy atom. The largest absolute Gasteiger partial charge is 0.493 e. The Hall–Kier alpha value is -3.11. The third kappa shape index (κ3) is 6.19. The van der Waals surface area contributed by atoms with Crippen LogP contribution in [0.25, 0.3) is 10.4 Å². The van der Waals surface area contributed by atoms with E-state index in [-0.39, 0.29) is 23.3 Å². The number of nitrogens with two attached hydrogens (primary N) is 3. The Labute approximate surface area is 183 Å². The minimum Gasteiger partial charge on any atom is -0.493 e. The van der Waals surface area contributed by atoms with Crippen molar-refractivity contribution in [2.24, 2.45) is 17.2 Å². The Balaban J connectivity index is 1.59. The Kier molecular flexibility index (Phi) is 7.48. The maximum Gasteiger partial charge on any atom is 0.323 e. The number of esters is 1. The van der Waals surface area contributed by atoms with Gasteiger partial charge in [0, 0.05) is 11.3 Å². The van der Waals surface area contributed by atoms with E-state index in [0.717, 1.165) is 31.2 Å². The van der Waals surface area contributed by atoms with Crippen LogP contribution in [0.3, 0.4) is 0 Å². The SMILES string of the molecule is NC(=O)Nc1sc(-c2cccc(OCC[C@H](N)C(=O)OC3CCCC3)c2)cc1C(N)=O. The predicted octanol–water partition coefficient (Wildman–Crippen LogP) is 2.59. The van der Waals surface area contributed by atoms with Crippen LogP contribution in [-0.2, 0) is 9.53 Å². The number of anilines is 1. The zero-order valence-corrected chi connectivity index (χ0v) is 17.8. The predicted molar refractivity (Wildman–Crippen MR) is 118 cm³/mol. The maximum absolute atomic E-state index is 12.1. The molecule has 31 heavy (non-hydrogen) atoms. The molecule has 3 amide bonds. The molecule has 3 rings (SSSR count). The number of hydrogen-bond donors (Lipinski definition) is 4. The van der Waals surface area contributed by atoms with Gasteiger partial charge in [0.05, 0.1) is 12.2 Å². The highest BCUT2D eigenvalue weighted by Crippen LogP contribution is 2.36. The zero-order chi connectivity index (χ0) is 22.4. The summed E-state index contributed by atoms with van der Waals surface area (Å²) in [5.74, 6) is -0.485. The third-order valence-corrected chi connectivity index (χ3v) is 6.04. The third-order valence-electron chi connectivity index (χ3n) is 4.94. The van der Waals surface area contributed by atoms with Gasteiger partial charge in [-0.25, -0.2) is 4.79 Å². The van der Waals surface area contributed by atoms with Gasteiger partial charge in [0.25, 0.3) is 5.91 Å². The number of amides is 3. The average Bonchev–Trinajstić information content (AvgIpc) is 3.37. The van der Waals surface area contributed by atoms with Crippen LogP contribution in [-0.4, -0.2) is 36.7 Å². The van der Waals surface area contributed by atoms with E-state index in [1.54, 1.807) is 24.3 Å². The monoisotopic (exact) mass is 446 g/mol. The summed E-state index contributed by atoms with van der Waals surface area (Å²) in [5.41, 5.74) is 17.4. The van der Waals surface area contributed by atoms with Crippen LogP contribution in [0.15, 0.2) is 30.3 Å². The number of benzene rings is 1. The number of carbonyl (C=O) groups is 3. The van der Waals surface area contributed by atoms with Crippen LogP contribution in [0.2, 0.25) is 0 Å². The molecule has 10 heteroatoms. The van der Waals surface area contributed by atoms with Crippen LogP contribution in [0.4, 0.5) is 9.80 Å². The molecule has 1 fully saturated rings. The Bertz CT molecular complexity index is 955. The second-order valence-corrected chi connectivity index (χ2v) is 8.37. The number of hydrogen-bond acceptors (Lipinski definition) is 7. The number of primary amides is 2. The summed E-state index contributed by atoms with van der Waals surface area (Å²) in [6, 6.07) is 7.26. The van der Waals surface area contributed by atoms with Crippen molar-refractivity contribution in [2.75, 3.05) is 11.9 Å². The van der Waals surface area contributed by atoms with E-state index in [1.165, 1.54) is 11.3 Å². The van der Waals surface area contributed by atoms with E-state index in [0.29, 0.717) is 17.0 Å². The van der Waals surface area contributed by atoms with Crippen LogP contribution >= 0.6 is 11.3 Å². The zero-order valence-electron chi connectivity index (χ0n) is 17.0. The number of rotatable bonds is 9. The normalized spacial score (nSPS) is 14.7. The minimum atomic E-state index is -0.782. The molecule has 0 radical (unpaired) electrons. The van der Waals surface area contributed by atoms with Crippen molar-refractivity contribution in [1.29, 1.82) is 0 Å². The van der Waals surface area contributed by atoms with Gasteiger partial charge in [-0.05, 0) is 49.4 Å². The number of urea groups is 1. The van der Waals surface area contributed by atoms with Crippen LogP contribution in [0.5, 0.6) is 5.75 Å². The van der Waals surface area contributed by atoms with E-state index < -0.39 is 23.9 Å². The van der Waals surface area contributed by atoms with Crippen molar-refractivity contribution in [3.63, 3.8) is 0 Å². The lowest BCUT2D eigenvalue weighted by Crippen LogP contribution is -2.35. The lowest BCUT2D eigenvalue weighted by molar-refractivity contribution is -0.150. The second-order valence-electron chi connectivity index (χ2n) is 7.32. The lowest BCUT2D eigenvalue weighted by Gasteiger charge is -2.16. The molecule has 2 aromatic rings. The summed E-state index contributed by atoms with van der Waals surface area (Å²) >= 11 is 1.18. The van der Waals surface area contributed by atoms with Crippen molar-refractivity contribution < 1.29 is 23.9 Å². The fraction of sp³-hybridized carbons (Fsp3) is 0.381. The molecule has 7 N–H and O–H groups in total. The molecular formula is C21H26N4O5S. The summed E-state index contributed by atoms with van der Waals surface area (Å²) in [4.78, 5) is 35.6. The number of carbonyl (C=O) groups excluding carboxylic acids is 3. The molecule has 0 saturated heterocycles. The number of thiophene rings is 1. The van der Waals surface area contributed by atoms with Gasteiger partial charge in [-0.15, -0.1) is 11.3 Å². The standard InChI is InChI=1S/C21H26N4O5S/c22-16(20(27)30-13-5-1-2-6-13)8-9-29-14-7-3-4-12(10-14)17-11-15(18(23)26)19(31-17)25-21(24)28/h3-4,7,10-11,13,16H,1-2,5-6,8-9,22H2,(H2,23,26)(H3,24,25,28)/t16-/m0/s1. The molecule has 0 aliphatic heterocycles. The van der Waals surface area contributed by atoms with Crippen molar-refractivity contribution in [2.45, 2.75) is 44.2 Å². The molecule has 166 valence electrons. The van der Waals surface area contributed by atoms with Gasteiger partial charge in [0.2, 0.25) is 0 Å². The molecule has 1 heterocycles. The molecule has 1 aromatic heterocycles. The summed E-state index contributed by atoms with van der Waals surface area (Å²) in [5, 5.41) is 2.70. The summed E-state index contributed by atoms with van der Waals surface area (Å²) in [6.07, 6.45) is 4.28. The minimum absolute atomic E-state index is 0.0128. The van der Waals surface area contributed by atoms with Gasteiger partial charge >= 0.3 is 12.0 Å². The second kappa shape index (κ2) is 10.3. The van der Waals surface area contributed by atoms with Crippen LogP contribution < -0.4 is 27.3 Å². The van der Waals surface area contributed by atoms with Gasteiger partial charge in [-0.3, -0.25) is 14.9 Å². The van der Waals surface area contributed by atoms with Gasteiger partial charge in [0.1, 0.15) is 22.9 Å². The van der Waals surface area contributed by atoms with Crippen molar-refractivity contribution in [1.82, 2.24) is 0 Å². The first-order chi connectivity index (χ1) is 14.8.